The summed E-state index contributed by atoms with van der Waals surface area (Å²) in [4.78, 5) is 11.6. The van der Waals surface area contributed by atoms with Gasteiger partial charge in [0.25, 0.3) is 0 Å². The first-order valence-corrected chi connectivity index (χ1v) is 3.89. The molecule has 2 aliphatic rings. The quantitative estimate of drug-likeness (QED) is 0.429. The van der Waals surface area contributed by atoms with E-state index in [1.165, 1.54) is 12.7 Å². The Kier molecular flexibility index (Phi) is 1.41. The Morgan fingerprint density at radius 2 is 2.18 bits per heavy atom. The van der Waals surface area contributed by atoms with Crippen LogP contribution in [-0.2, 0) is 0 Å². The molecule has 0 unspecified atom stereocenters. The maximum Gasteiger partial charge on any atom is 0.199 e. The number of fused-ring (bicyclic) bond motifs is 1. The summed E-state index contributed by atoms with van der Waals surface area (Å²) in [5, 5.41) is 9.13. The van der Waals surface area contributed by atoms with Crippen LogP contribution in [-0.4, -0.2) is 24.9 Å². The van der Waals surface area contributed by atoms with Crippen molar-refractivity contribution in [3.8, 4) is 11.5 Å². The SMILES string of the molecule is On1cnc(I)c2ncnc1-2. The summed E-state index contributed by atoms with van der Waals surface area (Å²) in [6.07, 6.45) is 2.68. The lowest BCUT2D eigenvalue weighted by molar-refractivity contribution is 0.182. The Bertz CT molecular complexity index is 327. The second-order valence-electron chi connectivity index (χ2n) is 1.93. The minimum absolute atomic E-state index is 0.435. The second kappa shape index (κ2) is 2.29. The summed E-state index contributed by atoms with van der Waals surface area (Å²) in [5.74, 6) is 0.435. The lowest BCUT2D eigenvalue weighted by Gasteiger charge is -2.01. The van der Waals surface area contributed by atoms with Crippen molar-refractivity contribution in [1.29, 1.82) is 0 Å². The molecular weight excluding hydrogens is 259 g/mol. The van der Waals surface area contributed by atoms with Crippen LogP contribution >= 0.6 is 22.6 Å². The van der Waals surface area contributed by atoms with Gasteiger partial charge in [-0.3, -0.25) is 0 Å². The summed E-state index contributed by atoms with van der Waals surface area (Å²) in [5.41, 5.74) is 0.621. The maximum atomic E-state index is 9.13. The highest BCUT2D eigenvalue weighted by molar-refractivity contribution is 14.1. The fourth-order valence-electron chi connectivity index (χ4n) is 0.795. The second-order valence-corrected chi connectivity index (χ2v) is 2.95. The highest BCUT2D eigenvalue weighted by Gasteiger charge is 2.13. The van der Waals surface area contributed by atoms with Crippen LogP contribution in [0.15, 0.2) is 12.7 Å². The number of hydrogen-bond donors (Lipinski definition) is 1. The number of halogens is 1. The Morgan fingerprint density at radius 3 is 2.91 bits per heavy atom. The molecule has 0 saturated carbocycles. The first-order valence-electron chi connectivity index (χ1n) is 2.82. The molecular formula is C5H3IN4O. The zero-order valence-electron chi connectivity index (χ0n) is 5.27. The van der Waals surface area contributed by atoms with Gasteiger partial charge in [0.15, 0.2) is 5.82 Å². The molecule has 0 saturated heterocycles. The maximum absolute atomic E-state index is 9.13. The van der Waals surface area contributed by atoms with E-state index in [0.29, 0.717) is 11.5 Å². The van der Waals surface area contributed by atoms with E-state index in [1.54, 1.807) is 0 Å². The van der Waals surface area contributed by atoms with Crippen LogP contribution < -0.4 is 0 Å². The topological polar surface area (TPSA) is 63.8 Å². The summed E-state index contributed by atoms with van der Waals surface area (Å²) in [6, 6.07) is 0. The van der Waals surface area contributed by atoms with Crippen LogP contribution in [0.1, 0.15) is 0 Å². The Balaban J connectivity index is 2.82. The highest BCUT2D eigenvalue weighted by Crippen LogP contribution is 2.19. The molecule has 0 aliphatic carbocycles. The molecule has 0 fully saturated rings. The van der Waals surface area contributed by atoms with Crippen molar-refractivity contribution < 1.29 is 5.21 Å². The van der Waals surface area contributed by atoms with Crippen LogP contribution in [0.2, 0.25) is 0 Å². The van der Waals surface area contributed by atoms with Gasteiger partial charge in [-0.1, -0.05) is 0 Å². The first-order chi connectivity index (χ1) is 5.29. The predicted octanol–water partition coefficient (Wildman–Crippen LogP) is 0.620. The number of nitrogens with zero attached hydrogens (tertiary/aromatic N) is 4. The van der Waals surface area contributed by atoms with Crippen LogP contribution in [0.25, 0.3) is 11.5 Å². The van der Waals surface area contributed by atoms with E-state index in [-0.39, 0.29) is 0 Å². The minimum atomic E-state index is 0.435. The average molecular weight is 262 g/mol. The molecule has 0 amide bonds. The number of aromatic nitrogens is 4. The van der Waals surface area contributed by atoms with E-state index in [2.05, 4.69) is 15.0 Å². The largest absolute Gasteiger partial charge is 0.425 e. The molecule has 2 heterocycles. The first kappa shape index (κ1) is 6.77. The predicted molar refractivity (Wildman–Crippen MR) is 44.3 cm³/mol. The highest BCUT2D eigenvalue weighted by atomic mass is 127. The van der Waals surface area contributed by atoms with Gasteiger partial charge in [0.05, 0.1) is 0 Å². The normalized spacial score (nSPS) is 10.6. The summed E-state index contributed by atoms with van der Waals surface area (Å²) in [6.45, 7) is 0. The zero-order chi connectivity index (χ0) is 7.84. The van der Waals surface area contributed by atoms with Gasteiger partial charge >= 0.3 is 0 Å². The monoisotopic (exact) mass is 262 g/mol. The lowest BCUT2D eigenvalue weighted by atomic mass is 10.4. The molecule has 0 bridgehead atoms. The molecule has 56 valence electrons. The van der Waals surface area contributed by atoms with Gasteiger partial charge < -0.3 is 5.21 Å². The Labute approximate surface area is 75.6 Å². The number of rotatable bonds is 0. The van der Waals surface area contributed by atoms with Crippen LogP contribution in [0.3, 0.4) is 0 Å². The third kappa shape index (κ3) is 0.934. The van der Waals surface area contributed by atoms with Crippen molar-refractivity contribution >= 4 is 22.6 Å². The number of imidazole rings is 1. The van der Waals surface area contributed by atoms with Gasteiger partial charge in [-0.2, -0.15) is 4.73 Å². The number of hydrogen-bond acceptors (Lipinski definition) is 4. The van der Waals surface area contributed by atoms with Gasteiger partial charge in [-0.15, -0.1) is 0 Å². The zero-order valence-corrected chi connectivity index (χ0v) is 7.43. The third-order valence-electron chi connectivity index (χ3n) is 1.27. The molecule has 11 heavy (non-hydrogen) atoms. The molecule has 0 atom stereocenters. The summed E-state index contributed by atoms with van der Waals surface area (Å²) in [7, 11) is 0. The van der Waals surface area contributed by atoms with Crippen LogP contribution in [0.5, 0.6) is 0 Å². The van der Waals surface area contributed by atoms with E-state index < -0.39 is 0 Å². The Hall–Kier alpha value is -0.920. The van der Waals surface area contributed by atoms with Gasteiger partial charge in [-0.05, 0) is 22.6 Å². The van der Waals surface area contributed by atoms with E-state index >= 15 is 0 Å². The molecule has 2 aliphatic heterocycles. The minimum Gasteiger partial charge on any atom is -0.425 e. The molecule has 0 aromatic heterocycles. The van der Waals surface area contributed by atoms with Crippen molar-refractivity contribution in [1.82, 2.24) is 19.7 Å². The molecule has 0 spiro atoms. The van der Waals surface area contributed by atoms with E-state index in [9.17, 15) is 0 Å². The molecule has 0 radical (unpaired) electrons. The Morgan fingerprint density at radius 1 is 1.36 bits per heavy atom. The van der Waals surface area contributed by atoms with Crippen molar-refractivity contribution in [2.24, 2.45) is 0 Å². The molecule has 1 N–H and O–H groups in total. The van der Waals surface area contributed by atoms with Crippen LogP contribution in [0, 0.1) is 3.70 Å². The standard InChI is InChI=1S/C5H3IN4O/c6-4-3-5(8-1-7-3)10(11)2-9-4/h1-2,11H. The van der Waals surface area contributed by atoms with Gasteiger partial charge in [0.1, 0.15) is 22.0 Å². The van der Waals surface area contributed by atoms with Crippen molar-refractivity contribution in [3.63, 3.8) is 0 Å². The van der Waals surface area contributed by atoms with Crippen molar-refractivity contribution in [2.75, 3.05) is 0 Å². The third-order valence-corrected chi connectivity index (χ3v) is 2.06. The van der Waals surface area contributed by atoms with Gasteiger partial charge in [-0.25, -0.2) is 15.0 Å². The average Bonchev–Trinajstić information content (AvgIpc) is 2.45. The van der Waals surface area contributed by atoms with Crippen LogP contribution in [0.4, 0.5) is 0 Å². The summed E-state index contributed by atoms with van der Waals surface area (Å²) < 4.78 is 1.59. The van der Waals surface area contributed by atoms with Crippen molar-refractivity contribution in [3.05, 3.63) is 16.4 Å². The molecule has 6 heteroatoms. The molecule has 5 nitrogen and oxygen atoms in total. The van der Waals surface area contributed by atoms with Gasteiger partial charge in [0, 0.05) is 0 Å². The molecule has 0 aromatic carbocycles. The van der Waals surface area contributed by atoms with Crippen molar-refractivity contribution in [2.45, 2.75) is 0 Å². The lowest BCUT2D eigenvalue weighted by Crippen LogP contribution is -2.02. The summed E-state index contributed by atoms with van der Waals surface area (Å²) >= 11 is 2.03. The molecule has 0 aromatic rings. The molecule has 2 rings (SSSR count). The van der Waals surface area contributed by atoms with E-state index in [4.69, 9.17) is 5.21 Å². The van der Waals surface area contributed by atoms with Gasteiger partial charge in [0.2, 0.25) is 0 Å². The fourth-order valence-corrected chi connectivity index (χ4v) is 1.30. The van der Waals surface area contributed by atoms with E-state index in [0.717, 1.165) is 8.43 Å². The fraction of sp³-hybridized carbons (Fsp3) is 0. The van der Waals surface area contributed by atoms with E-state index in [1.807, 2.05) is 22.6 Å². The smallest absolute Gasteiger partial charge is 0.199 e.